The van der Waals surface area contributed by atoms with E-state index >= 15 is 0 Å². The lowest BCUT2D eigenvalue weighted by Gasteiger charge is -2.16. The SMILES string of the molecule is CC(=O)[C@@H](CCCCNC(=O)CCCCCCCCCCCCCCCCC(=O)O)CC(=O)[C@@H](N)Cc1cnc[nH]1. The van der Waals surface area contributed by atoms with Crippen molar-refractivity contribution < 1.29 is 24.3 Å². The molecule has 0 aromatic carbocycles. The standard InChI is InChI=1S/C32H56N4O5/c1-26(37)27(22-30(38)29(33)23-28-24-34-25-36-28)18-16-17-21-35-31(39)19-14-12-10-8-6-4-2-3-5-7-9-11-13-15-20-32(40)41/h24-25,27,29H,2-23,33H2,1H3,(H,34,36)(H,35,39)(H,40,41)/t27-,29-/m0/s1. The van der Waals surface area contributed by atoms with Gasteiger partial charge in [0.05, 0.1) is 12.4 Å². The van der Waals surface area contributed by atoms with E-state index in [0.29, 0.717) is 32.2 Å². The molecule has 9 nitrogen and oxygen atoms in total. The van der Waals surface area contributed by atoms with Crippen molar-refractivity contribution in [2.75, 3.05) is 6.54 Å². The highest BCUT2D eigenvalue weighted by atomic mass is 16.4. The summed E-state index contributed by atoms with van der Waals surface area (Å²) >= 11 is 0. The molecule has 0 aliphatic rings. The fourth-order valence-corrected chi connectivity index (χ4v) is 5.11. The van der Waals surface area contributed by atoms with Gasteiger partial charge in [0, 0.05) is 50.0 Å². The van der Waals surface area contributed by atoms with Gasteiger partial charge >= 0.3 is 5.97 Å². The molecule has 41 heavy (non-hydrogen) atoms. The molecule has 0 spiro atoms. The number of rotatable bonds is 28. The van der Waals surface area contributed by atoms with E-state index in [1.165, 1.54) is 64.7 Å². The van der Waals surface area contributed by atoms with Crippen LogP contribution in [0.25, 0.3) is 0 Å². The Kier molecular flexibility index (Phi) is 21.4. The predicted octanol–water partition coefficient (Wildman–Crippen LogP) is 6.06. The number of unbranched alkanes of at least 4 members (excludes halogenated alkanes) is 14. The van der Waals surface area contributed by atoms with Crippen molar-refractivity contribution in [3.63, 3.8) is 0 Å². The zero-order valence-corrected chi connectivity index (χ0v) is 25.5. The van der Waals surface area contributed by atoms with Crippen LogP contribution >= 0.6 is 0 Å². The molecule has 1 amide bonds. The molecule has 0 fully saturated rings. The van der Waals surface area contributed by atoms with Crippen molar-refractivity contribution in [1.82, 2.24) is 15.3 Å². The highest BCUT2D eigenvalue weighted by Gasteiger charge is 2.22. The predicted molar refractivity (Wildman–Crippen MR) is 162 cm³/mol. The topological polar surface area (TPSA) is 155 Å². The number of Topliss-reactive ketones (excluding diaryl/α,β-unsaturated/α-hetero) is 2. The average molecular weight is 577 g/mol. The Morgan fingerprint density at radius 3 is 1.85 bits per heavy atom. The van der Waals surface area contributed by atoms with E-state index in [1.807, 2.05) is 0 Å². The molecule has 5 N–H and O–H groups in total. The second-order valence-electron chi connectivity index (χ2n) is 11.6. The first-order valence-corrected chi connectivity index (χ1v) is 16.0. The van der Waals surface area contributed by atoms with E-state index in [9.17, 15) is 19.2 Å². The molecular weight excluding hydrogens is 520 g/mol. The lowest BCUT2D eigenvalue weighted by molar-refractivity contribution is -0.137. The normalized spacial score (nSPS) is 12.6. The maximum atomic E-state index is 12.5. The molecule has 0 aliphatic heterocycles. The third kappa shape index (κ3) is 20.9. The number of hydrogen-bond donors (Lipinski definition) is 4. The number of nitrogens with two attached hydrogens (primary N) is 1. The summed E-state index contributed by atoms with van der Waals surface area (Å²) in [6, 6.07) is -0.646. The number of H-pyrrole nitrogens is 1. The van der Waals surface area contributed by atoms with E-state index in [-0.39, 0.29) is 29.8 Å². The van der Waals surface area contributed by atoms with Crippen LogP contribution in [0.3, 0.4) is 0 Å². The van der Waals surface area contributed by atoms with Crippen molar-refractivity contribution in [2.24, 2.45) is 11.7 Å². The number of nitrogens with zero attached hydrogens (tertiary/aromatic N) is 1. The summed E-state index contributed by atoms with van der Waals surface area (Å²) in [5, 5.41) is 11.6. The minimum absolute atomic E-state index is 0.00873. The average Bonchev–Trinajstić information content (AvgIpc) is 3.44. The smallest absolute Gasteiger partial charge is 0.303 e. The Balaban J connectivity index is 1.93. The molecule has 1 aromatic heterocycles. The second-order valence-corrected chi connectivity index (χ2v) is 11.6. The number of carbonyl (C=O) groups excluding carboxylic acids is 3. The fourth-order valence-electron chi connectivity index (χ4n) is 5.11. The number of amides is 1. The van der Waals surface area contributed by atoms with Crippen molar-refractivity contribution in [3.8, 4) is 0 Å². The monoisotopic (exact) mass is 576 g/mol. The van der Waals surface area contributed by atoms with E-state index in [4.69, 9.17) is 10.8 Å². The molecule has 2 atom stereocenters. The summed E-state index contributed by atoms with van der Waals surface area (Å²) in [4.78, 5) is 54.0. The van der Waals surface area contributed by atoms with E-state index in [1.54, 1.807) is 12.5 Å². The molecular formula is C32H56N4O5. The highest BCUT2D eigenvalue weighted by Crippen LogP contribution is 2.17. The third-order valence-corrected chi connectivity index (χ3v) is 7.78. The van der Waals surface area contributed by atoms with Gasteiger partial charge in [-0.25, -0.2) is 4.98 Å². The molecule has 0 saturated heterocycles. The molecule has 0 bridgehead atoms. The Labute approximate surface area is 247 Å². The Morgan fingerprint density at radius 2 is 1.37 bits per heavy atom. The number of aromatic nitrogens is 2. The minimum Gasteiger partial charge on any atom is -0.481 e. The Morgan fingerprint density at radius 1 is 0.829 bits per heavy atom. The first-order chi connectivity index (χ1) is 19.8. The summed E-state index contributed by atoms with van der Waals surface area (Å²) in [7, 11) is 0. The molecule has 0 saturated carbocycles. The van der Waals surface area contributed by atoms with Crippen LogP contribution in [0.4, 0.5) is 0 Å². The summed E-state index contributed by atoms with van der Waals surface area (Å²) in [6.45, 7) is 2.13. The fraction of sp³-hybridized carbons (Fsp3) is 0.781. The molecule has 1 heterocycles. The van der Waals surface area contributed by atoms with Crippen molar-refractivity contribution in [2.45, 2.75) is 148 Å². The highest BCUT2D eigenvalue weighted by molar-refractivity contribution is 5.89. The number of carbonyl (C=O) groups is 4. The van der Waals surface area contributed by atoms with Crippen LogP contribution in [0.2, 0.25) is 0 Å². The van der Waals surface area contributed by atoms with Crippen molar-refractivity contribution >= 4 is 23.4 Å². The number of aromatic amines is 1. The maximum absolute atomic E-state index is 12.5. The number of carboxylic acid groups (broad SMARTS) is 1. The Bertz CT molecular complexity index is 843. The summed E-state index contributed by atoms with van der Waals surface area (Å²) < 4.78 is 0. The molecule has 234 valence electrons. The van der Waals surface area contributed by atoms with Gasteiger partial charge in [-0.1, -0.05) is 83.5 Å². The van der Waals surface area contributed by atoms with Crippen LogP contribution in [0, 0.1) is 5.92 Å². The number of hydrogen-bond acceptors (Lipinski definition) is 6. The lowest BCUT2D eigenvalue weighted by Crippen LogP contribution is -2.35. The molecule has 0 aliphatic carbocycles. The van der Waals surface area contributed by atoms with E-state index < -0.39 is 12.0 Å². The van der Waals surface area contributed by atoms with Gasteiger partial charge in [0.15, 0.2) is 5.78 Å². The number of imidazole rings is 1. The van der Waals surface area contributed by atoms with Crippen LogP contribution in [0.15, 0.2) is 12.5 Å². The second kappa shape index (κ2) is 24.1. The van der Waals surface area contributed by atoms with Crippen LogP contribution < -0.4 is 11.1 Å². The first-order valence-electron chi connectivity index (χ1n) is 16.0. The third-order valence-electron chi connectivity index (χ3n) is 7.78. The number of nitrogens with one attached hydrogen (secondary N) is 2. The molecule has 0 unspecified atom stereocenters. The zero-order valence-electron chi connectivity index (χ0n) is 25.5. The van der Waals surface area contributed by atoms with Crippen LogP contribution in [-0.2, 0) is 25.6 Å². The zero-order chi connectivity index (χ0) is 30.1. The van der Waals surface area contributed by atoms with Crippen molar-refractivity contribution in [3.05, 3.63) is 18.2 Å². The molecule has 1 rings (SSSR count). The van der Waals surface area contributed by atoms with Crippen molar-refractivity contribution in [1.29, 1.82) is 0 Å². The van der Waals surface area contributed by atoms with Gasteiger partial charge in [-0.05, 0) is 32.6 Å². The van der Waals surface area contributed by atoms with Crippen LogP contribution in [-0.4, -0.2) is 51.1 Å². The molecule has 0 radical (unpaired) electrons. The quantitative estimate of drug-likeness (QED) is 0.0884. The van der Waals surface area contributed by atoms with Gasteiger partial charge in [0.25, 0.3) is 0 Å². The summed E-state index contributed by atoms with van der Waals surface area (Å²) in [6.07, 6.45) is 23.1. The van der Waals surface area contributed by atoms with E-state index in [2.05, 4.69) is 15.3 Å². The van der Waals surface area contributed by atoms with Gasteiger partial charge in [-0.15, -0.1) is 0 Å². The number of aliphatic carboxylic acids is 1. The van der Waals surface area contributed by atoms with Gasteiger partial charge in [0.1, 0.15) is 5.78 Å². The van der Waals surface area contributed by atoms with Crippen LogP contribution in [0.5, 0.6) is 0 Å². The van der Waals surface area contributed by atoms with Gasteiger partial charge in [-0.3, -0.25) is 19.2 Å². The number of ketones is 2. The minimum atomic E-state index is -0.688. The summed E-state index contributed by atoms with van der Waals surface area (Å²) in [5.74, 6) is -1.02. The lowest BCUT2D eigenvalue weighted by atomic mass is 9.90. The largest absolute Gasteiger partial charge is 0.481 e. The Hall–Kier alpha value is -2.55. The summed E-state index contributed by atoms with van der Waals surface area (Å²) in [5.41, 5.74) is 6.82. The number of carboxylic acids is 1. The molecule has 9 heteroatoms. The maximum Gasteiger partial charge on any atom is 0.303 e. The molecule has 1 aromatic rings. The van der Waals surface area contributed by atoms with Gasteiger partial charge in [0.2, 0.25) is 5.91 Å². The first kappa shape index (κ1) is 36.5. The van der Waals surface area contributed by atoms with Gasteiger partial charge in [-0.2, -0.15) is 0 Å². The van der Waals surface area contributed by atoms with E-state index in [0.717, 1.165) is 50.6 Å². The van der Waals surface area contributed by atoms with Crippen LogP contribution in [0.1, 0.15) is 141 Å². The van der Waals surface area contributed by atoms with Gasteiger partial charge < -0.3 is 21.1 Å².